The molecule has 1 saturated carbocycles. The van der Waals surface area contributed by atoms with Crippen LogP contribution in [-0.4, -0.2) is 43.5 Å². The van der Waals surface area contributed by atoms with Crippen molar-refractivity contribution in [3.8, 4) is 0 Å². The standard InChI is InChI=1S/C17H22N4O4S/c1-21(2)17(22)13-8-5-9-14(10-13)26(23,24)18-11-15-19-16(25-20-15)12-6-3-4-7-12/h5,8-10,12,18H,3-4,6-7,11H2,1-2H3. The van der Waals surface area contributed by atoms with Gasteiger partial charge in [-0.15, -0.1) is 0 Å². The SMILES string of the molecule is CN(C)C(=O)c1cccc(S(=O)(=O)NCc2noc(C3CCCC3)n2)c1. The first kappa shape index (κ1) is 18.5. The van der Waals surface area contributed by atoms with E-state index in [2.05, 4.69) is 14.9 Å². The molecule has 1 aliphatic rings. The van der Waals surface area contributed by atoms with Crippen LogP contribution in [-0.2, 0) is 16.6 Å². The van der Waals surface area contributed by atoms with Crippen molar-refractivity contribution in [3.63, 3.8) is 0 Å². The maximum Gasteiger partial charge on any atom is 0.253 e. The van der Waals surface area contributed by atoms with E-state index in [0.29, 0.717) is 17.3 Å². The summed E-state index contributed by atoms with van der Waals surface area (Å²) in [5.41, 5.74) is 0.306. The molecule has 8 nitrogen and oxygen atoms in total. The average Bonchev–Trinajstić information content (AvgIpc) is 3.30. The van der Waals surface area contributed by atoms with Gasteiger partial charge in [-0.3, -0.25) is 4.79 Å². The van der Waals surface area contributed by atoms with Gasteiger partial charge < -0.3 is 9.42 Å². The molecule has 26 heavy (non-hydrogen) atoms. The van der Waals surface area contributed by atoms with Crippen molar-refractivity contribution in [1.82, 2.24) is 19.8 Å². The Morgan fingerprint density at radius 2 is 2.04 bits per heavy atom. The van der Waals surface area contributed by atoms with E-state index in [9.17, 15) is 13.2 Å². The summed E-state index contributed by atoms with van der Waals surface area (Å²) in [6, 6.07) is 5.91. The Morgan fingerprint density at radius 3 is 2.73 bits per heavy atom. The van der Waals surface area contributed by atoms with Crippen molar-refractivity contribution in [3.05, 3.63) is 41.5 Å². The summed E-state index contributed by atoms with van der Waals surface area (Å²) in [5.74, 6) is 0.897. The number of hydrogen-bond acceptors (Lipinski definition) is 6. The Hall–Kier alpha value is -2.26. The van der Waals surface area contributed by atoms with Gasteiger partial charge in [0.1, 0.15) is 0 Å². The van der Waals surface area contributed by atoms with Crippen LogP contribution in [0.3, 0.4) is 0 Å². The molecule has 0 saturated heterocycles. The number of nitrogens with zero attached hydrogens (tertiary/aromatic N) is 3. The van der Waals surface area contributed by atoms with Crippen LogP contribution in [0.2, 0.25) is 0 Å². The molecule has 1 aromatic heterocycles. The third-order valence-corrected chi connectivity index (χ3v) is 5.80. The van der Waals surface area contributed by atoms with Gasteiger partial charge in [-0.05, 0) is 31.0 Å². The second-order valence-electron chi connectivity index (χ2n) is 6.58. The zero-order chi connectivity index (χ0) is 18.7. The minimum atomic E-state index is -3.79. The van der Waals surface area contributed by atoms with Crippen molar-refractivity contribution in [1.29, 1.82) is 0 Å². The van der Waals surface area contributed by atoms with Gasteiger partial charge in [0.05, 0.1) is 11.4 Å². The number of rotatable bonds is 6. The molecule has 1 amide bonds. The lowest BCUT2D eigenvalue weighted by molar-refractivity contribution is 0.0827. The van der Waals surface area contributed by atoms with Crippen molar-refractivity contribution >= 4 is 15.9 Å². The summed E-state index contributed by atoms with van der Waals surface area (Å²) in [4.78, 5) is 17.7. The van der Waals surface area contributed by atoms with E-state index in [1.54, 1.807) is 20.2 Å². The molecule has 2 aromatic rings. The average molecular weight is 378 g/mol. The minimum Gasteiger partial charge on any atom is -0.345 e. The molecule has 1 fully saturated rings. The van der Waals surface area contributed by atoms with Crippen LogP contribution >= 0.6 is 0 Å². The van der Waals surface area contributed by atoms with Crippen LogP contribution in [0.5, 0.6) is 0 Å². The second kappa shape index (κ2) is 7.55. The van der Waals surface area contributed by atoms with E-state index in [1.807, 2.05) is 0 Å². The van der Waals surface area contributed by atoms with Gasteiger partial charge in [0, 0.05) is 25.6 Å². The third-order valence-electron chi connectivity index (χ3n) is 4.41. The molecule has 0 radical (unpaired) electrons. The molecule has 0 aliphatic heterocycles. The fraction of sp³-hybridized carbons (Fsp3) is 0.471. The zero-order valence-corrected chi connectivity index (χ0v) is 15.6. The number of nitrogens with one attached hydrogen (secondary N) is 1. The maximum atomic E-state index is 12.5. The second-order valence-corrected chi connectivity index (χ2v) is 8.35. The third kappa shape index (κ3) is 4.10. The quantitative estimate of drug-likeness (QED) is 0.823. The topological polar surface area (TPSA) is 105 Å². The van der Waals surface area contributed by atoms with Gasteiger partial charge >= 0.3 is 0 Å². The molecule has 9 heteroatoms. The van der Waals surface area contributed by atoms with Gasteiger partial charge in [-0.1, -0.05) is 24.1 Å². The summed E-state index contributed by atoms with van der Waals surface area (Å²) < 4.78 is 32.7. The lowest BCUT2D eigenvalue weighted by Gasteiger charge is -2.11. The molecule has 140 valence electrons. The molecular formula is C17H22N4O4S. The van der Waals surface area contributed by atoms with Crippen LogP contribution in [0.4, 0.5) is 0 Å². The molecule has 3 rings (SSSR count). The lowest BCUT2D eigenvalue weighted by Crippen LogP contribution is -2.25. The van der Waals surface area contributed by atoms with Gasteiger partial charge in [-0.2, -0.15) is 4.98 Å². The Labute approximate surface area is 152 Å². The smallest absolute Gasteiger partial charge is 0.253 e. The van der Waals surface area contributed by atoms with E-state index >= 15 is 0 Å². The van der Waals surface area contributed by atoms with Gasteiger partial charge in [-0.25, -0.2) is 13.1 Å². The highest BCUT2D eigenvalue weighted by Crippen LogP contribution is 2.32. The number of carbonyl (C=O) groups is 1. The molecule has 0 unspecified atom stereocenters. The molecule has 1 heterocycles. The number of aromatic nitrogens is 2. The van der Waals surface area contributed by atoms with Gasteiger partial charge in [0.2, 0.25) is 15.9 Å². The summed E-state index contributed by atoms with van der Waals surface area (Å²) in [7, 11) is -0.570. The molecular weight excluding hydrogens is 356 g/mol. The summed E-state index contributed by atoms with van der Waals surface area (Å²) in [5, 5.41) is 3.85. The molecule has 0 atom stereocenters. The van der Waals surface area contributed by atoms with Crippen molar-refractivity contribution in [2.45, 2.75) is 43.0 Å². The molecule has 1 aromatic carbocycles. The van der Waals surface area contributed by atoms with Crippen molar-refractivity contribution < 1.29 is 17.7 Å². The normalized spacial score (nSPS) is 15.3. The molecule has 0 bridgehead atoms. The van der Waals surface area contributed by atoms with Crippen molar-refractivity contribution in [2.75, 3.05) is 14.1 Å². The van der Waals surface area contributed by atoms with E-state index in [1.165, 1.54) is 23.1 Å². The van der Waals surface area contributed by atoms with Gasteiger partial charge in [0.25, 0.3) is 5.91 Å². The van der Waals surface area contributed by atoms with Crippen LogP contribution in [0.15, 0.2) is 33.7 Å². The number of hydrogen-bond donors (Lipinski definition) is 1. The number of sulfonamides is 1. The Balaban J connectivity index is 1.69. The van der Waals surface area contributed by atoms with Gasteiger partial charge in [0.15, 0.2) is 5.82 Å². The van der Waals surface area contributed by atoms with Crippen LogP contribution in [0, 0.1) is 0 Å². The number of amides is 1. The minimum absolute atomic E-state index is 0.0183. The molecule has 1 aliphatic carbocycles. The predicted molar refractivity (Wildman–Crippen MR) is 94.0 cm³/mol. The highest BCUT2D eigenvalue weighted by atomic mass is 32.2. The van der Waals surface area contributed by atoms with E-state index in [0.717, 1.165) is 25.7 Å². The van der Waals surface area contributed by atoms with Crippen LogP contribution < -0.4 is 4.72 Å². The first-order chi connectivity index (χ1) is 12.4. The number of benzene rings is 1. The molecule has 0 spiro atoms. The first-order valence-corrected chi connectivity index (χ1v) is 9.99. The summed E-state index contributed by atoms with van der Waals surface area (Å²) >= 11 is 0. The Morgan fingerprint density at radius 1 is 1.31 bits per heavy atom. The highest BCUT2D eigenvalue weighted by Gasteiger charge is 2.23. The summed E-state index contributed by atoms with van der Waals surface area (Å²) in [6.07, 6.45) is 4.36. The van der Waals surface area contributed by atoms with E-state index < -0.39 is 10.0 Å². The van der Waals surface area contributed by atoms with E-state index in [-0.39, 0.29) is 23.3 Å². The molecule has 1 N–H and O–H groups in total. The first-order valence-electron chi connectivity index (χ1n) is 8.50. The predicted octanol–water partition coefficient (Wildman–Crippen LogP) is 1.91. The Kier molecular flexibility index (Phi) is 5.38. The summed E-state index contributed by atoms with van der Waals surface area (Å²) in [6.45, 7) is -0.0651. The van der Waals surface area contributed by atoms with Crippen LogP contribution in [0.1, 0.15) is 53.7 Å². The number of carbonyl (C=O) groups excluding carboxylic acids is 1. The van der Waals surface area contributed by atoms with Crippen LogP contribution in [0.25, 0.3) is 0 Å². The largest absolute Gasteiger partial charge is 0.345 e. The lowest BCUT2D eigenvalue weighted by atomic mass is 10.1. The van der Waals surface area contributed by atoms with Crippen molar-refractivity contribution in [2.24, 2.45) is 0 Å². The maximum absolute atomic E-state index is 12.5. The van der Waals surface area contributed by atoms with E-state index in [4.69, 9.17) is 4.52 Å². The highest BCUT2D eigenvalue weighted by molar-refractivity contribution is 7.89. The fourth-order valence-electron chi connectivity index (χ4n) is 2.98. The fourth-order valence-corrected chi connectivity index (χ4v) is 4.00. The zero-order valence-electron chi connectivity index (χ0n) is 14.8. The Bertz CT molecular complexity index is 886. The monoisotopic (exact) mass is 378 g/mol.